The fraction of sp³-hybridized carbons (Fsp3) is 0.562. The molecule has 0 saturated carbocycles. The van der Waals surface area contributed by atoms with Crippen molar-refractivity contribution < 1.29 is 4.74 Å². The zero-order chi connectivity index (χ0) is 14.4. The van der Waals surface area contributed by atoms with E-state index in [1.165, 1.54) is 0 Å². The van der Waals surface area contributed by atoms with Gasteiger partial charge in [0.2, 0.25) is 0 Å². The Hall–Kier alpha value is -1.41. The third-order valence-electron chi connectivity index (χ3n) is 4.25. The Morgan fingerprint density at radius 3 is 2.75 bits per heavy atom. The molecule has 2 atom stereocenters. The van der Waals surface area contributed by atoms with Crippen molar-refractivity contribution in [2.75, 3.05) is 33.9 Å². The normalized spacial score (nSPS) is 21.6. The molecule has 1 aromatic carbocycles. The van der Waals surface area contributed by atoms with E-state index in [1.54, 1.807) is 0 Å². The van der Waals surface area contributed by atoms with Crippen molar-refractivity contribution in [2.45, 2.75) is 24.4 Å². The van der Waals surface area contributed by atoms with Crippen LogP contribution in [0.1, 0.15) is 18.4 Å². The number of rotatable bonds is 6. The second kappa shape index (κ2) is 6.85. The zero-order valence-electron chi connectivity index (χ0n) is 12.3. The minimum Gasteiger partial charge on any atom is -0.380 e. The van der Waals surface area contributed by atoms with Crippen molar-refractivity contribution in [2.24, 2.45) is 0 Å². The number of nitrogens with zero attached hydrogens (tertiary/aromatic N) is 2. The van der Waals surface area contributed by atoms with E-state index in [-0.39, 0.29) is 0 Å². The largest absolute Gasteiger partial charge is 0.380 e. The fourth-order valence-electron chi connectivity index (χ4n) is 2.71. The van der Waals surface area contributed by atoms with E-state index < -0.39 is 5.54 Å². The fourth-order valence-corrected chi connectivity index (χ4v) is 2.71. The summed E-state index contributed by atoms with van der Waals surface area (Å²) in [7, 11) is 3.97. The summed E-state index contributed by atoms with van der Waals surface area (Å²) in [6, 6.07) is 12.9. The van der Waals surface area contributed by atoms with E-state index in [4.69, 9.17) is 4.74 Å². The standard InChI is InChI=1S/C16H23N3O/c1-18-16(13-17,14-6-4-3-5-7-14)9-10-19(2)15-8-11-20-12-15/h3-7,15,18H,8-12H2,1-2H3. The van der Waals surface area contributed by atoms with Crippen LogP contribution in [0.15, 0.2) is 30.3 Å². The van der Waals surface area contributed by atoms with Crippen LogP contribution in [-0.4, -0.2) is 44.8 Å². The molecule has 1 fully saturated rings. The molecular weight excluding hydrogens is 250 g/mol. The maximum absolute atomic E-state index is 9.65. The smallest absolute Gasteiger partial charge is 0.133 e. The third kappa shape index (κ3) is 3.18. The molecule has 0 aromatic heterocycles. The van der Waals surface area contributed by atoms with Crippen molar-refractivity contribution in [3.63, 3.8) is 0 Å². The Labute approximate surface area is 121 Å². The van der Waals surface area contributed by atoms with Gasteiger partial charge in [0, 0.05) is 19.2 Å². The molecule has 1 saturated heterocycles. The minimum absolute atomic E-state index is 0.485. The minimum atomic E-state index is -0.616. The van der Waals surface area contributed by atoms with Gasteiger partial charge in [0.05, 0.1) is 12.7 Å². The molecule has 20 heavy (non-hydrogen) atoms. The zero-order valence-corrected chi connectivity index (χ0v) is 12.3. The van der Waals surface area contributed by atoms with Gasteiger partial charge in [-0.1, -0.05) is 30.3 Å². The summed E-state index contributed by atoms with van der Waals surface area (Å²) in [5.74, 6) is 0. The van der Waals surface area contributed by atoms with Crippen LogP contribution in [0.4, 0.5) is 0 Å². The Morgan fingerprint density at radius 2 is 2.20 bits per heavy atom. The SMILES string of the molecule is CNC(C#N)(CCN(C)C1CCOC1)c1ccccc1. The monoisotopic (exact) mass is 273 g/mol. The highest BCUT2D eigenvalue weighted by atomic mass is 16.5. The molecule has 1 aliphatic heterocycles. The second-order valence-corrected chi connectivity index (χ2v) is 5.38. The first-order valence-electron chi connectivity index (χ1n) is 7.15. The van der Waals surface area contributed by atoms with Gasteiger partial charge in [0.1, 0.15) is 5.54 Å². The topological polar surface area (TPSA) is 48.3 Å². The van der Waals surface area contributed by atoms with Crippen LogP contribution in [-0.2, 0) is 10.3 Å². The number of hydrogen-bond donors (Lipinski definition) is 1. The van der Waals surface area contributed by atoms with Gasteiger partial charge in [0.25, 0.3) is 0 Å². The number of nitriles is 1. The Morgan fingerprint density at radius 1 is 1.45 bits per heavy atom. The summed E-state index contributed by atoms with van der Waals surface area (Å²) in [6.45, 7) is 2.53. The van der Waals surface area contributed by atoms with Crippen molar-refractivity contribution in [3.05, 3.63) is 35.9 Å². The van der Waals surface area contributed by atoms with Gasteiger partial charge >= 0.3 is 0 Å². The molecule has 1 aliphatic rings. The summed E-state index contributed by atoms with van der Waals surface area (Å²) in [5.41, 5.74) is 0.413. The van der Waals surface area contributed by atoms with Crippen LogP contribution in [0, 0.1) is 11.3 Å². The lowest BCUT2D eigenvalue weighted by molar-refractivity contribution is 0.154. The van der Waals surface area contributed by atoms with Crippen molar-refractivity contribution in [3.8, 4) is 6.07 Å². The summed E-state index contributed by atoms with van der Waals surface area (Å²) in [4.78, 5) is 2.30. The van der Waals surface area contributed by atoms with E-state index in [2.05, 4.69) is 23.3 Å². The first-order valence-corrected chi connectivity index (χ1v) is 7.15. The van der Waals surface area contributed by atoms with Crippen molar-refractivity contribution in [1.29, 1.82) is 5.26 Å². The Kier molecular flexibility index (Phi) is 5.13. The Bertz CT molecular complexity index is 451. The van der Waals surface area contributed by atoms with Gasteiger partial charge < -0.3 is 9.64 Å². The first kappa shape index (κ1) is 15.0. The number of likely N-dealkylation sites (N-methyl/N-ethyl adjacent to an activating group) is 1. The van der Waals surface area contributed by atoms with Gasteiger partial charge in [-0.2, -0.15) is 5.26 Å². The van der Waals surface area contributed by atoms with Gasteiger partial charge in [-0.25, -0.2) is 0 Å². The van der Waals surface area contributed by atoms with E-state index in [0.29, 0.717) is 6.04 Å². The van der Waals surface area contributed by atoms with Crippen molar-refractivity contribution >= 4 is 0 Å². The van der Waals surface area contributed by atoms with Gasteiger partial charge in [-0.3, -0.25) is 5.32 Å². The Balaban J connectivity index is 2.04. The molecule has 1 aromatic rings. The van der Waals surface area contributed by atoms with Crippen LogP contribution in [0.25, 0.3) is 0 Å². The van der Waals surface area contributed by atoms with Crippen LogP contribution in [0.5, 0.6) is 0 Å². The molecule has 0 aliphatic carbocycles. The van der Waals surface area contributed by atoms with E-state index in [1.807, 2.05) is 37.4 Å². The average molecular weight is 273 g/mol. The van der Waals surface area contributed by atoms with Crippen LogP contribution >= 0.6 is 0 Å². The van der Waals surface area contributed by atoms with Gasteiger partial charge in [0.15, 0.2) is 0 Å². The van der Waals surface area contributed by atoms with Crippen LogP contribution in [0.3, 0.4) is 0 Å². The summed E-state index contributed by atoms with van der Waals surface area (Å²) < 4.78 is 5.43. The van der Waals surface area contributed by atoms with E-state index >= 15 is 0 Å². The highest BCUT2D eigenvalue weighted by molar-refractivity contribution is 5.31. The highest BCUT2D eigenvalue weighted by Crippen LogP contribution is 2.25. The van der Waals surface area contributed by atoms with Crippen LogP contribution in [0.2, 0.25) is 0 Å². The van der Waals surface area contributed by atoms with Crippen molar-refractivity contribution in [1.82, 2.24) is 10.2 Å². The first-order chi connectivity index (χ1) is 9.72. The molecule has 1 N–H and O–H groups in total. The number of ether oxygens (including phenoxy) is 1. The van der Waals surface area contributed by atoms with Crippen LogP contribution < -0.4 is 5.32 Å². The molecule has 4 nitrogen and oxygen atoms in total. The van der Waals surface area contributed by atoms with E-state index in [0.717, 1.165) is 38.2 Å². The molecule has 0 radical (unpaired) electrons. The van der Waals surface area contributed by atoms with Gasteiger partial charge in [-0.15, -0.1) is 0 Å². The molecular formula is C16H23N3O. The molecule has 1 heterocycles. The predicted octanol–water partition coefficient (Wildman–Crippen LogP) is 1.74. The molecule has 2 unspecified atom stereocenters. The molecule has 0 bridgehead atoms. The summed E-state index contributed by atoms with van der Waals surface area (Å²) in [6.07, 6.45) is 1.85. The second-order valence-electron chi connectivity index (χ2n) is 5.38. The maximum atomic E-state index is 9.65. The quantitative estimate of drug-likeness (QED) is 0.857. The lowest BCUT2D eigenvalue weighted by Gasteiger charge is -2.30. The predicted molar refractivity (Wildman–Crippen MR) is 79.3 cm³/mol. The van der Waals surface area contributed by atoms with E-state index in [9.17, 15) is 5.26 Å². The number of nitrogens with one attached hydrogen (secondary N) is 1. The summed E-state index contributed by atoms with van der Waals surface area (Å²) in [5, 5.41) is 12.9. The molecule has 2 rings (SSSR count). The molecule has 4 heteroatoms. The van der Waals surface area contributed by atoms with Gasteiger partial charge in [-0.05, 0) is 32.5 Å². The number of benzene rings is 1. The molecule has 108 valence electrons. The third-order valence-corrected chi connectivity index (χ3v) is 4.25. The average Bonchev–Trinajstić information content (AvgIpc) is 3.04. The molecule has 0 spiro atoms. The lowest BCUT2D eigenvalue weighted by atomic mass is 9.88. The molecule has 0 amide bonds. The summed E-state index contributed by atoms with van der Waals surface area (Å²) >= 11 is 0. The lowest BCUT2D eigenvalue weighted by Crippen LogP contribution is -2.43. The highest BCUT2D eigenvalue weighted by Gasteiger charge is 2.31. The maximum Gasteiger partial charge on any atom is 0.133 e. The number of hydrogen-bond acceptors (Lipinski definition) is 4.